The second-order valence-electron chi connectivity index (χ2n) is 7.65. The molecule has 0 saturated carbocycles. The number of esters is 1. The molecule has 0 aromatic heterocycles. The normalized spacial score (nSPS) is 15.1. The van der Waals surface area contributed by atoms with E-state index in [0.717, 1.165) is 20.6 Å². The summed E-state index contributed by atoms with van der Waals surface area (Å²) in [5, 5.41) is 14.4. The topological polar surface area (TPSA) is 148 Å². The van der Waals surface area contributed by atoms with Gasteiger partial charge in [0.15, 0.2) is 6.61 Å². The molecule has 12 heteroatoms. The molecule has 0 spiro atoms. The van der Waals surface area contributed by atoms with Crippen LogP contribution in [0.3, 0.4) is 0 Å². The maximum atomic E-state index is 12.4. The van der Waals surface area contributed by atoms with Crippen molar-refractivity contribution in [2.24, 2.45) is 5.92 Å². The van der Waals surface area contributed by atoms with Crippen molar-refractivity contribution in [2.75, 3.05) is 18.5 Å². The minimum atomic E-state index is -0.853. The van der Waals surface area contributed by atoms with Gasteiger partial charge in [-0.1, -0.05) is 15.9 Å². The summed E-state index contributed by atoms with van der Waals surface area (Å²) < 4.78 is 5.97. The van der Waals surface area contributed by atoms with Crippen molar-refractivity contribution < 1.29 is 28.8 Å². The first-order chi connectivity index (χ1) is 16.1. The molecule has 0 radical (unpaired) electrons. The van der Waals surface area contributed by atoms with Crippen LogP contribution in [0.5, 0.6) is 0 Å². The Bertz CT molecular complexity index is 1170. The van der Waals surface area contributed by atoms with Crippen LogP contribution >= 0.6 is 15.9 Å². The lowest BCUT2D eigenvalue weighted by Crippen LogP contribution is -2.43. The number of amides is 3. The fraction of sp³-hybridized carbons (Fsp3) is 0.273. The molecule has 2 aromatic carbocycles. The molecule has 0 bridgehead atoms. The first-order valence-corrected chi connectivity index (χ1v) is 10.9. The third-order valence-electron chi connectivity index (χ3n) is 5.38. The Morgan fingerprint density at radius 3 is 2.47 bits per heavy atom. The summed E-state index contributed by atoms with van der Waals surface area (Å²) >= 11 is 3.42. The van der Waals surface area contributed by atoms with Crippen molar-refractivity contribution >= 4 is 51.0 Å². The Morgan fingerprint density at radius 2 is 1.82 bits per heavy atom. The maximum absolute atomic E-state index is 12.4. The van der Waals surface area contributed by atoms with Gasteiger partial charge in [-0.05, 0) is 49.2 Å². The second-order valence-corrected chi connectivity index (χ2v) is 8.51. The third kappa shape index (κ3) is 5.76. The molecule has 1 atom stereocenters. The Hall–Kier alpha value is -3.80. The van der Waals surface area contributed by atoms with E-state index in [4.69, 9.17) is 4.74 Å². The van der Waals surface area contributed by atoms with E-state index in [1.807, 2.05) is 13.8 Å². The molecule has 1 saturated heterocycles. The van der Waals surface area contributed by atoms with Gasteiger partial charge in [0.1, 0.15) is 0 Å². The summed E-state index contributed by atoms with van der Waals surface area (Å²) in [5.41, 5.74) is 4.75. The van der Waals surface area contributed by atoms with Gasteiger partial charge >= 0.3 is 5.97 Å². The molecule has 2 aromatic rings. The summed E-state index contributed by atoms with van der Waals surface area (Å²) in [6.45, 7) is 3.11. The molecule has 11 nitrogen and oxygen atoms in total. The van der Waals surface area contributed by atoms with Crippen LogP contribution in [0.15, 0.2) is 40.9 Å². The number of hydrazine groups is 1. The quantitative estimate of drug-likeness (QED) is 0.316. The third-order valence-corrected chi connectivity index (χ3v) is 6.23. The highest BCUT2D eigenvalue weighted by atomic mass is 79.9. The predicted molar refractivity (Wildman–Crippen MR) is 124 cm³/mol. The minimum Gasteiger partial charge on any atom is -0.455 e. The van der Waals surface area contributed by atoms with Gasteiger partial charge in [0.2, 0.25) is 5.91 Å². The fourth-order valence-corrected chi connectivity index (χ4v) is 3.69. The minimum absolute atomic E-state index is 0.111. The molecule has 1 aliphatic rings. The van der Waals surface area contributed by atoms with Crippen LogP contribution in [0.25, 0.3) is 0 Å². The monoisotopic (exact) mass is 532 g/mol. The number of benzene rings is 2. The average molecular weight is 533 g/mol. The first-order valence-electron chi connectivity index (χ1n) is 10.1. The van der Waals surface area contributed by atoms with E-state index in [2.05, 4.69) is 26.7 Å². The number of ether oxygens (including phenoxy) is 1. The molecule has 1 aliphatic heterocycles. The van der Waals surface area contributed by atoms with Crippen LogP contribution in [0.2, 0.25) is 0 Å². The van der Waals surface area contributed by atoms with E-state index in [-0.39, 0.29) is 24.2 Å². The lowest BCUT2D eigenvalue weighted by Gasteiger charge is -2.17. The van der Waals surface area contributed by atoms with Gasteiger partial charge in [-0.25, -0.2) is 0 Å². The zero-order chi connectivity index (χ0) is 25.0. The number of halogens is 1. The summed E-state index contributed by atoms with van der Waals surface area (Å²) in [5.74, 6) is -3.27. The Balaban J connectivity index is 1.50. The summed E-state index contributed by atoms with van der Waals surface area (Å²) in [6, 6.07) is 8.38. The predicted octanol–water partition coefficient (Wildman–Crippen LogP) is 2.65. The number of rotatable bonds is 7. The van der Waals surface area contributed by atoms with Gasteiger partial charge in [-0.3, -0.25) is 39.7 Å². The lowest BCUT2D eigenvalue weighted by molar-refractivity contribution is -0.384. The fourth-order valence-electron chi connectivity index (χ4n) is 3.26. The second kappa shape index (κ2) is 10.4. The molecule has 1 fully saturated rings. The number of carbonyl (C=O) groups is 4. The number of non-ortho nitro benzene ring substituents is 1. The largest absolute Gasteiger partial charge is 0.455 e. The van der Waals surface area contributed by atoms with Crippen LogP contribution in [0.1, 0.15) is 27.9 Å². The summed E-state index contributed by atoms with van der Waals surface area (Å²) in [4.78, 5) is 59.2. The van der Waals surface area contributed by atoms with Gasteiger partial charge in [0.25, 0.3) is 17.5 Å². The lowest BCUT2D eigenvalue weighted by atomic mass is 10.1. The number of anilines is 1. The molecule has 178 valence electrons. The van der Waals surface area contributed by atoms with Crippen molar-refractivity contribution in [1.82, 2.24) is 10.4 Å². The van der Waals surface area contributed by atoms with E-state index in [9.17, 15) is 29.3 Å². The number of carbonyl (C=O) groups excluding carboxylic acids is 4. The summed E-state index contributed by atoms with van der Waals surface area (Å²) in [7, 11) is 0. The molecule has 2 N–H and O–H groups in total. The van der Waals surface area contributed by atoms with Gasteiger partial charge in [-0.2, -0.15) is 0 Å². The van der Waals surface area contributed by atoms with Gasteiger partial charge in [0, 0.05) is 34.3 Å². The van der Waals surface area contributed by atoms with Crippen molar-refractivity contribution in [1.29, 1.82) is 0 Å². The van der Waals surface area contributed by atoms with Crippen molar-refractivity contribution in [3.05, 3.63) is 67.7 Å². The first kappa shape index (κ1) is 24.8. The summed E-state index contributed by atoms with van der Waals surface area (Å²) in [6.07, 6.45) is -0.188. The van der Waals surface area contributed by atoms with Crippen LogP contribution < -0.4 is 10.7 Å². The van der Waals surface area contributed by atoms with Crippen LogP contribution in [-0.4, -0.2) is 46.8 Å². The molecule has 0 unspecified atom stereocenters. The number of hydrogen-bond acceptors (Lipinski definition) is 7. The highest BCUT2D eigenvalue weighted by Gasteiger charge is 2.36. The Labute approximate surface area is 202 Å². The van der Waals surface area contributed by atoms with Crippen molar-refractivity contribution in [3.63, 3.8) is 0 Å². The van der Waals surface area contributed by atoms with Crippen LogP contribution in [-0.2, 0) is 19.1 Å². The molecular formula is C22H21BrN4O7. The van der Waals surface area contributed by atoms with E-state index in [1.165, 1.54) is 24.3 Å². The van der Waals surface area contributed by atoms with E-state index in [1.54, 1.807) is 12.1 Å². The number of nitrogens with zero attached hydrogens (tertiary/aromatic N) is 2. The Morgan fingerprint density at radius 1 is 1.15 bits per heavy atom. The van der Waals surface area contributed by atoms with Crippen molar-refractivity contribution in [3.8, 4) is 0 Å². The highest BCUT2D eigenvalue weighted by molar-refractivity contribution is 9.10. The van der Waals surface area contributed by atoms with E-state index >= 15 is 0 Å². The standard InChI is InChI=1S/C22H21BrN4O7/c1-12-13(2)18(8-7-17(12)23)24-19(28)11-34-22(31)15-9-20(29)26(10-15)25-21(30)14-3-5-16(6-4-14)27(32)33/h3-8,15H,9-11H2,1-2H3,(H,24,28)(H,25,30)/t15-/m1/s1. The number of nitro groups is 1. The number of nitrogens with one attached hydrogen (secondary N) is 2. The maximum Gasteiger partial charge on any atom is 0.311 e. The smallest absolute Gasteiger partial charge is 0.311 e. The zero-order valence-corrected chi connectivity index (χ0v) is 19.9. The van der Waals surface area contributed by atoms with Gasteiger partial charge < -0.3 is 10.1 Å². The van der Waals surface area contributed by atoms with E-state index in [0.29, 0.717) is 5.69 Å². The Kier molecular flexibility index (Phi) is 7.61. The molecular weight excluding hydrogens is 512 g/mol. The molecule has 0 aliphatic carbocycles. The molecule has 1 heterocycles. The number of hydrogen-bond donors (Lipinski definition) is 2. The highest BCUT2D eigenvalue weighted by Crippen LogP contribution is 2.26. The van der Waals surface area contributed by atoms with Crippen molar-refractivity contribution in [2.45, 2.75) is 20.3 Å². The van der Waals surface area contributed by atoms with Gasteiger partial charge in [0.05, 0.1) is 17.4 Å². The van der Waals surface area contributed by atoms with E-state index < -0.39 is 41.1 Å². The zero-order valence-electron chi connectivity index (χ0n) is 18.3. The molecule has 3 rings (SSSR count). The van der Waals surface area contributed by atoms with Crippen LogP contribution in [0.4, 0.5) is 11.4 Å². The van der Waals surface area contributed by atoms with Crippen LogP contribution in [0, 0.1) is 29.9 Å². The van der Waals surface area contributed by atoms with Gasteiger partial charge in [-0.15, -0.1) is 0 Å². The number of nitro benzene ring substituents is 1. The average Bonchev–Trinajstić information content (AvgIpc) is 3.18. The molecule has 3 amide bonds. The molecule has 34 heavy (non-hydrogen) atoms. The SMILES string of the molecule is Cc1c(Br)ccc(NC(=O)COC(=O)[C@@H]2CC(=O)N(NC(=O)c3ccc([N+](=O)[O-])cc3)C2)c1C.